The van der Waals surface area contributed by atoms with Crippen molar-refractivity contribution >= 4 is 98.0 Å². The fourth-order valence-electron chi connectivity index (χ4n) is 23.2. The third-order valence-corrected chi connectivity index (χ3v) is 29.6. The van der Waals surface area contributed by atoms with Crippen molar-refractivity contribution in [2.45, 2.75) is 57.8 Å². The minimum atomic E-state index is -0.302. The van der Waals surface area contributed by atoms with Crippen molar-refractivity contribution in [2.24, 2.45) is 0 Å². The number of hydrogen-bond donors (Lipinski definition) is 0. The highest BCUT2D eigenvalue weighted by atomic mass is 15.2. The minimum Gasteiger partial charge on any atom is -0.292 e. The van der Waals surface area contributed by atoms with Gasteiger partial charge in [-0.05, 0) is 125 Å². The Morgan fingerprint density at radius 1 is 0.182 bits per heavy atom. The molecule has 19 aromatic carbocycles. The summed E-state index contributed by atoms with van der Waals surface area (Å²) < 4.78 is 9.21. The second kappa shape index (κ2) is 32.9. The van der Waals surface area contributed by atoms with Gasteiger partial charge in [-0.25, -0.2) is 19.9 Å². The van der Waals surface area contributed by atoms with Crippen LogP contribution in [0.4, 0.5) is 0 Å². The Labute approximate surface area is 825 Å². The van der Waals surface area contributed by atoms with Gasteiger partial charge in [-0.3, -0.25) is 18.3 Å². The molecule has 0 amide bonds. The SMILES string of the molecule is CC1(C)c2ccccc2-c2ccc3c4c5c(ccc4n(-c4nc(-c6ccccc6)nc(-c6ccccc6)n4)c3c21)nc(-c1ccccc1)n5-c1ccccc1.CC1(C)c2ccccc2-c2ccc3c4c5ccccc5ccc4n(-c4nc(-c5ccccc5)nc(-c5ccccc5)n4)c3c21.CC1(C)c2ccccc2-c2ccc3c4c5ccccc5ccc4n(-c4nc(-c5ccccc5)nc(-c5ccccc5)n4)c3c21. The molecule has 0 atom stereocenters. The van der Waals surface area contributed by atoms with E-state index in [1.54, 1.807) is 0 Å². The van der Waals surface area contributed by atoms with Gasteiger partial charge in [-0.15, -0.1) is 0 Å². The zero-order chi connectivity index (χ0) is 95.5. The van der Waals surface area contributed by atoms with Crippen LogP contribution >= 0.6 is 0 Å². The van der Waals surface area contributed by atoms with Gasteiger partial charge in [-0.1, -0.05) is 442 Å². The van der Waals surface area contributed by atoms with Crippen LogP contribution in [-0.4, -0.2) is 68.1 Å². The van der Waals surface area contributed by atoms with Gasteiger partial charge in [0.15, 0.2) is 34.9 Å². The first-order chi connectivity index (χ1) is 70.2. The lowest BCUT2D eigenvalue weighted by Crippen LogP contribution is -2.17. The molecule has 0 bridgehead atoms. The Morgan fingerprint density at radius 3 is 0.776 bits per heavy atom. The quantitative estimate of drug-likeness (QED) is 0.122. The minimum absolute atomic E-state index is 0.217. The van der Waals surface area contributed by atoms with Crippen LogP contribution in [0.5, 0.6) is 0 Å². The molecule has 3 aliphatic carbocycles. The maximum Gasteiger partial charge on any atom is 0.238 e. The number of imidazole rings is 1. The fourth-order valence-corrected chi connectivity index (χ4v) is 23.2. The highest BCUT2D eigenvalue weighted by Gasteiger charge is 2.43. The van der Waals surface area contributed by atoms with Crippen LogP contribution in [-0.2, 0) is 16.2 Å². The predicted molar refractivity (Wildman–Crippen MR) is 583 cm³/mol. The zero-order valence-electron chi connectivity index (χ0n) is 79.3. The van der Waals surface area contributed by atoms with Crippen molar-refractivity contribution in [2.75, 3.05) is 0 Å². The molecule has 0 unspecified atom stereocenters. The number of fused-ring (bicyclic) bond motifs is 27. The first kappa shape index (κ1) is 83.9. The van der Waals surface area contributed by atoms with E-state index in [1.807, 2.05) is 115 Å². The van der Waals surface area contributed by atoms with Gasteiger partial charge in [0.25, 0.3) is 0 Å². The molecule has 0 fully saturated rings. The standard InChI is InChI=1S/C49H34N6.2C40H28N4/c1-49(2)38-26-16-15-25-35(38)36-27-28-37-41-40(30-29-39-44(41)54(34-23-13-6-14-24-34)47(50-39)33-21-11-5-12-22-33)55(43(37)42(36)49)48-52-45(31-17-7-3-8-18-31)51-46(53-48)32-19-9-4-10-20-32;2*1-40(2)32-20-12-11-19-29(32)30-22-23-31-34-28-18-10-9-13-25(28)21-24-33(34)44(36(31)35(30)40)39-42-37(26-14-5-3-6-15-26)41-38(43-39)27-16-7-4-8-17-27/h3-30H,1-2H3;2*3-24H,1-2H3. The first-order valence-electron chi connectivity index (χ1n) is 48.8. The lowest BCUT2D eigenvalue weighted by atomic mass is 9.81. The second-order valence-electron chi connectivity index (χ2n) is 38.9. The average molecular weight is 1840 g/mol. The molecule has 3 aliphatic rings. The van der Waals surface area contributed by atoms with E-state index in [2.05, 4.69) is 381 Å². The maximum atomic E-state index is 5.35. The second-order valence-corrected chi connectivity index (χ2v) is 38.9. The topological polar surface area (TPSA) is 149 Å². The summed E-state index contributed by atoms with van der Waals surface area (Å²) in [6.45, 7) is 14.1. The summed E-state index contributed by atoms with van der Waals surface area (Å²) in [6.07, 6.45) is 0. The van der Waals surface area contributed by atoms with Crippen LogP contribution in [0.15, 0.2) is 437 Å². The molecule has 26 aromatic rings. The Hall–Kier alpha value is -18.4. The molecule has 0 aliphatic heterocycles. The Bertz CT molecular complexity index is 9130. The van der Waals surface area contributed by atoms with Gasteiger partial charge in [0.2, 0.25) is 17.8 Å². The van der Waals surface area contributed by atoms with Crippen LogP contribution in [0, 0.1) is 0 Å². The van der Waals surface area contributed by atoms with E-state index >= 15 is 0 Å². The fraction of sp³-hybridized carbons (Fsp3) is 0.0698. The largest absolute Gasteiger partial charge is 0.292 e. The molecular formula is C129H90N14. The van der Waals surface area contributed by atoms with Crippen molar-refractivity contribution in [1.82, 2.24) is 68.1 Å². The molecule has 0 saturated carbocycles. The third kappa shape index (κ3) is 13.3. The third-order valence-electron chi connectivity index (χ3n) is 29.6. The van der Waals surface area contributed by atoms with E-state index in [4.69, 9.17) is 49.8 Å². The Morgan fingerprint density at radius 2 is 0.448 bits per heavy atom. The maximum absolute atomic E-state index is 5.35. The number of rotatable bonds is 11. The molecule has 0 radical (unpaired) electrons. The molecule has 29 rings (SSSR count). The van der Waals surface area contributed by atoms with E-state index in [0.717, 1.165) is 105 Å². The molecule has 7 aromatic heterocycles. The van der Waals surface area contributed by atoms with Crippen LogP contribution in [0.1, 0.15) is 74.9 Å². The number of para-hydroxylation sites is 1. The molecule has 676 valence electrons. The van der Waals surface area contributed by atoms with Gasteiger partial charge in [-0.2, -0.15) is 29.9 Å². The average Bonchev–Trinajstić information content (AvgIpc) is 1.53. The van der Waals surface area contributed by atoms with Gasteiger partial charge in [0.05, 0.1) is 44.1 Å². The number of hydrogen-bond acceptors (Lipinski definition) is 10. The van der Waals surface area contributed by atoms with E-state index in [0.29, 0.717) is 52.8 Å². The summed E-state index contributed by atoms with van der Waals surface area (Å²) in [7, 11) is 0. The summed E-state index contributed by atoms with van der Waals surface area (Å²) in [5.41, 5.74) is 31.1. The number of nitrogens with zero attached hydrogens (tertiary/aromatic N) is 14. The molecule has 14 heteroatoms. The van der Waals surface area contributed by atoms with E-state index in [1.165, 1.54) is 110 Å². The lowest BCUT2D eigenvalue weighted by molar-refractivity contribution is 0.663. The van der Waals surface area contributed by atoms with Crippen LogP contribution in [0.3, 0.4) is 0 Å². The van der Waals surface area contributed by atoms with Crippen molar-refractivity contribution in [3.8, 4) is 137 Å². The van der Waals surface area contributed by atoms with E-state index in [9.17, 15) is 0 Å². The van der Waals surface area contributed by atoms with Crippen LogP contribution in [0.2, 0.25) is 0 Å². The predicted octanol–water partition coefficient (Wildman–Crippen LogP) is 31.1. The van der Waals surface area contributed by atoms with Gasteiger partial charge < -0.3 is 0 Å². The molecule has 14 nitrogen and oxygen atoms in total. The van der Waals surface area contributed by atoms with Crippen LogP contribution < -0.4 is 0 Å². The Balaban J connectivity index is 0.000000108. The Kier molecular flexibility index (Phi) is 19.3. The normalized spacial score (nSPS) is 13.3. The molecule has 0 saturated heterocycles. The van der Waals surface area contributed by atoms with Crippen molar-refractivity contribution in [1.29, 1.82) is 0 Å². The van der Waals surface area contributed by atoms with Gasteiger partial charge in [0, 0.05) is 93.2 Å². The molecule has 143 heavy (non-hydrogen) atoms. The highest BCUT2D eigenvalue weighted by Crippen LogP contribution is 2.58. The zero-order valence-corrected chi connectivity index (χ0v) is 79.3. The molecule has 0 spiro atoms. The van der Waals surface area contributed by atoms with Crippen molar-refractivity contribution in [3.63, 3.8) is 0 Å². The lowest BCUT2D eigenvalue weighted by Gasteiger charge is -2.23. The number of aromatic nitrogens is 14. The van der Waals surface area contributed by atoms with Gasteiger partial charge in [0.1, 0.15) is 5.82 Å². The monoisotopic (exact) mass is 1830 g/mol. The highest BCUT2D eigenvalue weighted by molar-refractivity contribution is 6.26. The van der Waals surface area contributed by atoms with E-state index < -0.39 is 0 Å². The summed E-state index contributed by atoms with van der Waals surface area (Å²) >= 11 is 0. The number of benzene rings is 19. The summed E-state index contributed by atoms with van der Waals surface area (Å²) in [6, 6.07) is 153. The molecular weight excluding hydrogens is 1750 g/mol. The summed E-state index contributed by atoms with van der Waals surface area (Å²) in [5.74, 6) is 6.55. The van der Waals surface area contributed by atoms with Crippen LogP contribution in [0.25, 0.3) is 235 Å². The van der Waals surface area contributed by atoms with Crippen molar-refractivity contribution < 1.29 is 0 Å². The molecule has 0 N–H and O–H groups in total. The summed E-state index contributed by atoms with van der Waals surface area (Å²) in [5, 5.41) is 12.0. The van der Waals surface area contributed by atoms with Crippen molar-refractivity contribution in [3.05, 3.63) is 470 Å². The smallest absolute Gasteiger partial charge is 0.238 e. The first-order valence-corrected chi connectivity index (χ1v) is 48.8. The van der Waals surface area contributed by atoms with E-state index in [-0.39, 0.29) is 16.2 Å². The molecule has 7 heterocycles. The van der Waals surface area contributed by atoms with Gasteiger partial charge >= 0.3 is 0 Å². The summed E-state index contributed by atoms with van der Waals surface area (Å²) in [4.78, 5) is 51.9.